The van der Waals surface area contributed by atoms with E-state index < -0.39 is 13.0 Å². The van der Waals surface area contributed by atoms with Gasteiger partial charge >= 0.3 is 0 Å². The molecule has 0 aliphatic rings. The first kappa shape index (κ1) is 15.7. The van der Waals surface area contributed by atoms with E-state index in [2.05, 4.69) is 29.2 Å². The zero-order valence-electron chi connectivity index (χ0n) is 11.2. The molecule has 1 rings (SSSR count). The second kappa shape index (κ2) is 7.96. The number of nitrogens with one attached hydrogen (secondary N) is 1. The highest BCUT2D eigenvalue weighted by Gasteiger charge is 2.07. The summed E-state index contributed by atoms with van der Waals surface area (Å²) in [5.41, 5.74) is 3.35. The summed E-state index contributed by atoms with van der Waals surface area (Å²) < 4.78 is 28.6. The Balaban J connectivity index is 2.60. The first-order valence-electron chi connectivity index (χ1n) is 6.20. The molecule has 1 aromatic rings. The third-order valence-electron chi connectivity index (χ3n) is 2.30. The molecule has 0 bridgehead atoms. The highest BCUT2D eigenvalue weighted by atomic mass is 19.3. The van der Waals surface area contributed by atoms with Crippen LogP contribution in [0, 0.1) is 5.92 Å². The van der Waals surface area contributed by atoms with Crippen LogP contribution < -0.4 is 11.3 Å². The molecule has 0 aliphatic carbocycles. The average Bonchev–Trinajstić information content (AvgIpc) is 2.33. The predicted octanol–water partition coefficient (Wildman–Crippen LogP) is 1.78. The Labute approximate surface area is 111 Å². The molecule has 0 saturated heterocycles. The monoisotopic (exact) mass is 274 g/mol. The quantitative estimate of drug-likeness (QED) is 0.429. The number of nitrogen functional groups attached to an aromatic ring is 1. The number of nitrogens with two attached hydrogens (primary N) is 1. The normalized spacial score (nSPS) is 11.3. The summed E-state index contributed by atoms with van der Waals surface area (Å²) in [5.74, 6) is 6.87. The minimum absolute atomic E-state index is 0.166. The standard InChI is InChI=1S/C12H20F2N4O/c1-8(2)5-9-6-12(18-15)17-11(16-9)3-4-19-7-10(13)14/h6,8,10H,3-5,7,15H2,1-2H3,(H,16,17,18). The van der Waals surface area contributed by atoms with Gasteiger partial charge in [-0.25, -0.2) is 24.6 Å². The van der Waals surface area contributed by atoms with Gasteiger partial charge in [0.1, 0.15) is 18.2 Å². The van der Waals surface area contributed by atoms with Crippen molar-refractivity contribution in [1.29, 1.82) is 0 Å². The highest BCUT2D eigenvalue weighted by Crippen LogP contribution is 2.11. The van der Waals surface area contributed by atoms with Crippen LogP contribution in [-0.4, -0.2) is 29.6 Å². The minimum Gasteiger partial charge on any atom is -0.375 e. The van der Waals surface area contributed by atoms with Gasteiger partial charge in [-0.3, -0.25) is 0 Å². The van der Waals surface area contributed by atoms with E-state index in [1.807, 2.05) is 0 Å². The molecule has 1 aromatic heterocycles. The van der Waals surface area contributed by atoms with E-state index in [1.54, 1.807) is 6.07 Å². The Bertz CT molecular complexity index is 388. The topological polar surface area (TPSA) is 73.1 Å². The number of aromatic nitrogens is 2. The molecule has 0 aromatic carbocycles. The molecule has 0 amide bonds. The fraction of sp³-hybridized carbons (Fsp3) is 0.667. The van der Waals surface area contributed by atoms with Crippen LogP contribution in [0.15, 0.2) is 6.07 Å². The molecule has 0 unspecified atom stereocenters. The van der Waals surface area contributed by atoms with Gasteiger partial charge in [0.05, 0.1) is 6.61 Å². The number of rotatable bonds is 8. The molecule has 0 saturated carbocycles. The molecule has 0 atom stereocenters. The molecule has 7 heteroatoms. The lowest BCUT2D eigenvalue weighted by atomic mass is 10.1. The third-order valence-corrected chi connectivity index (χ3v) is 2.30. The maximum Gasteiger partial charge on any atom is 0.261 e. The summed E-state index contributed by atoms with van der Waals surface area (Å²) in [6, 6.07) is 1.78. The Hall–Kier alpha value is -1.34. The number of ether oxygens (including phenoxy) is 1. The SMILES string of the molecule is CC(C)Cc1cc(NN)nc(CCOCC(F)F)n1. The second-order valence-electron chi connectivity index (χ2n) is 4.62. The number of anilines is 1. The number of hydrogen-bond acceptors (Lipinski definition) is 5. The maximum atomic E-state index is 11.9. The lowest BCUT2D eigenvalue weighted by Crippen LogP contribution is -2.14. The molecule has 1 heterocycles. The molecule has 108 valence electrons. The molecular formula is C12H20F2N4O. The Morgan fingerprint density at radius 1 is 1.37 bits per heavy atom. The zero-order valence-corrected chi connectivity index (χ0v) is 11.2. The third kappa shape index (κ3) is 6.40. The van der Waals surface area contributed by atoms with Crippen LogP contribution in [-0.2, 0) is 17.6 Å². The van der Waals surface area contributed by atoms with Gasteiger partial charge in [-0.05, 0) is 12.3 Å². The van der Waals surface area contributed by atoms with Gasteiger partial charge in [0.2, 0.25) is 0 Å². The summed E-state index contributed by atoms with van der Waals surface area (Å²) in [6.45, 7) is 3.78. The van der Waals surface area contributed by atoms with Crippen molar-refractivity contribution in [3.05, 3.63) is 17.6 Å². The average molecular weight is 274 g/mol. The van der Waals surface area contributed by atoms with E-state index in [-0.39, 0.29) is 6.61 Å². The Morgan fingerprint density at radius 3 is 2.68 bits per heavy atom. The van der Waals surface area contributed by atoms with Gasteiger partial charge in [-0.1, -0.05) is 13.8 Å². The van der Waals surface area contributed by atoms with Crippen LogP contribution >= 0.6 is 0 Å². The summed E-state index contributed by atoms with van der Waals surface area (Å²) >= 11 is 0. The molecule has 0 radical (unpaired) electrons. The largest absolute Gasteiger partial charge is 0.375 e. The number of halogens is 2. The van der Waals surface area contributed by atoms with Crippen LogP contribution in [0.1, 0.15) is 25.4 Å². The number of alkyl halides is 2. The summed E-state index contributed by atoms with van der Waals surface area (Å²) in [5, 5.41) is 0. The van der Waals surface area contributed by atoms with Crippen molar-refractivity contribution < 1.29 is 13.5 Å². The van der Waals surface area contributed by atoms with Crippen molar-refractivity contribution in [1.82, 2.24) is 9.97 Å². The fourth-order valence-corrected chi connectivity index (χ4v) is 1.60. The van der Waals surface area contributed by atoms with Crippen LogP contribution in [0.3, 0.4) is 0 Å². The van der Waals surface area contributed by atoms with Crippen molar-refractivity contribution in [3.8, 4) is 0 Å². The molecule has 0 aliphatic heterocycles. The van der Waals surface area contributed by atoms with Crippen LogP contribution in [0.25, 0.3) is 0 Å². The zero-order chi connectivity index (χ0) is 14.3. The first-order valence-corrected chi connectivity index (χ1v) is 6.20. The molecule has 0 spiro atoms. The minimum atomic E-state index is -2.45. The predicted molar refractivity (Wildman–Crippen MR) is 68.9 cm³/mol. The highest BCUT2D eigenvalue weighted by molar-refractivity contribution is 5.34. The van der Waals surface area contributed by atoms with Crippen LogP contribution in [0.5, 0.6) is 0 Å². The van der Waals surface area contributed by atoms with Crippen LogP contribution in [0.4, 0.5) is 14.6 Å². The summed E-state index contributed by atoms with van der Waals surface area (Å²) in [6.07, 6.45) is -1.26. The van der Waals surface area contributed by atoms with E-state index in [0.717, 1.165) is 12.1 Å². The Kier molecular flexibility index (Phi) is 6.58. The van der Waals surface area contributed by atoms with Gasteiger partial charge in [-0.15, -0.1) is 0 Å². The van der Waals surface area contributed by atoms with Gasteiger partial charge < -0.3 is 10.2 Å². The molecule has 19 heavy (non-hydrogen) atoms. The van der Waals surface area contributed by atoms with Gasteiger partial charge in [-0.2, -0.15) is 0 Å². The lowest BCUT2D eigenvalue weighted by molar-refractivity contribution is 0.0183. The summed E-state index contributed by atoms with van der Waals surface area (Å²) in [4.78, 5) is 8.53. The van der Waals surface area contributed by atoms with Crippen molar-refractivity contribution >= 4 is 5.82 Å². The lowest BCUT2D eigenvalue weighted by Gasteiger charge is -2.09. The first-order chi connectivity index (χ1) is 9.01. The van der Waals surface area contributed by atoms with Crippen molar-refractivity contribution in [2.75, 3.05) is 18.6 Å². The van der Waals surface area contributed by atoms with E-state index in [1.165, 1.54) is 0 Å². The maximum absolute atomic E-state index is 11.9. The van der Waals surface area contributed by atoms with Crippen LogP contribution in [0.2, 0.25) is 0 Å². The molecule has 5 nitrogen and oxygen atoms in total. The second-order valence-corrected chi connectivity index (χ2v) is 4.62. The summed E-state index contributed by atoms with van der Waals surface area (Å²) in [7, 11) is 0. The van der Waals surface area contributed by atoms with Gasteiger partial charge in [0.15, 0.2) is 0 Å². The number of hydrogen-bond donors (Lipinski definition) is 2. The Morgan fingerprint density at radius 2 is 2.11 bits per heavy atom. The van der Waals surface area contributed by atoms with E-state index in [4.69, 9.17) is 10.6 Å². The number of hydrazine groups is 1. The van der Waals surface area contributed by atoms with Gasteiger partial charge in [0, 0.05) is 18.2 Å². The van der Waals surface area contributed by atoms with E-state index >= 15 is 0 Å². The molecule has 0 fully saturated rings. The molecular weight excluding hydrogens is 254 g/mol. The number of nitrogens with zero attached hydrogens (tertiary/aromatic N) is 2. The van der Waals surface area contributed by atoms with E-state index in [9.17, 15) is 8.78 Å². The fourth-order valence-electron chi connectivity index (χ4n) is 1.60. The van der Waals surface area contributed by atoms with Gasteiger partial charge in [0.25, 0.3) is 6.43 Å². The van der Waals surface area contributed by atoms with Crippen molar-refractivity contribution in [3.63, 3.8) is 0 Å². The smallest absolute Gasteiger partial charge is 0.261 e. The van der Waals surface area contributed by atoms with Crippen molar-refractivity contribution in [2.45, 2.75) is 33.1 Å². The molecule has 3 N–H and O–H groups in total. The van der Waals surface area contributed by atoms with E-state index in [0.29, 0.717) is 24.0 Å². The van der Waals surface area contributed by atoms with Crippen molar-refractivity contribution in [2.24, 2.45) is 11.8 Å².